The van der Waals surface area contributed by atoms with E-state index in [2.05, 4.69) is 24.9 Å². The zero-order valence-corrected chi connectivity index (χ0v) is 27.2. The number of alkyl halides is 3. The minimum Gasteiger partial charge on any atom is -0.457 e. The Bertz CT molecular complexity index is 2560. The summed E-state index contributed by atoms with van der Waals surface area (Å²) >= 11 is 0. The number of aryl methyl sites for hydroxylation is 1. The molecule has 0 amide bonds. The molecule has 0 radical (unpaired) electrons. The van der Waals surface area contributed by atoms with Gasteiger partial charge in [0, 0.05) is 52.9 Å². The predicted octanol–water partition coefficient (Wildman–Crippen LogP) is 10.3. The maximum atomic E-state index is 13.2. The number of hydrogen-bond acceptors (Lipinski definition) is 9. The van der Waals surface area contributed by atoms with Crippen molar-refractivity contribution in [3.63, 3.8) is 0 Å². The van der Waals surface area contributed by atoms with Crippen LogP contribution >= 0.6 is 0 Å². The van der Waals surface area contributed by atoms with E-state index in [1.165, 1.54) is 24.8 Å². The third-order valence-corrected chi connectivity index (χ3v) is 7.79. The highest BCUT2D eigenvalue weighted by molar-refractivity contribution is 6.09. The zero-order chi connectivity index (χ0) is 35.7. The molecule has 4 heterocycles. The summed E-state index contributed by atoms with van der Waals surface area (Å²) in [7, 11) is 0. The van der Waals surface area contributed by atoms with Gasteiger partial charge in [-0.15, -0.1) is 0 Å². The highest BCUT2D eigenvalue weighted by Gasteiger charge is 2.32. The summed E-state index contributed by atoms with van der Waals surface area (Å²) in [6, 6.07) is 34.2. The lowest BCUT2D eigenvalue weighted by Gasteiger charge is -2.11. The molecule has 0 fully saturated rings. The number of benzene rings is 4. The third-order valence-electron chi connectivity index (χ3n) is 7.79. The summed E-state index contributed by atoms with van der Waals surface area (Å²) in [4.78, 5) is 20.8. The van der Waals surface area contributed by atoms with E-state index in [1.807, 2.05) is 78.2 Å². The summed E-state index contributed by atoms with van der Waals surface area (Å²) in [5, 5.41) is 1.82. The van der Waals surface area contributed by atoms with Crippen LogP contribution in [0.15, 0.2) is 134 Å². The van der Waals surface area contributed by atoms with E-state index in [9.17, 15) is 13.2 Å². The number of aromatic nitrogens is 6. The van der Waals surface area contributed by atoms with Gasteiger partial charge >= 0.3 is 6.18 Å². The standard InChI is InChI=1S/C39H25F3N6O4/c1-24-6-2-12-36(46-24)51-27-9-3-7-25(18-27)49-29-14-16-31-32-17-15-30(21-34(32)48(33(31)20-29)38-44-22-43-23-45-38)50-26-8-4-10-28(19-26)52-37-13-5-11-35(47-37)39(40,41)42/h2-23H,1H3. The number of nitrogens with zero attached hydrogens (tertiary/aromatic N) is 6. The maximum absolute atomic E-state index is 13.2. The lowest BCUT2D eigenvalue weighted by atomic mass is 10.1. The monoisotopic (exact) mass is 698 g/mol. The first-order chi connectivity index (χ1) is 25.2. The second-order valence-electron chi connectivity index (χ2n) is 11.5. The van der Waals surface area contributed by atoms with E-state index in [-0.39, 0.29) is 11.6 Å². The van der Waals surface area contributed by atoms with Crippen LogP contribution in [0.3, 0.4) is 0 Å². The predicted molar refractivity (Wildman–Crippen MR) is 186 cm³/mol. The number of hydrogen-bond donors (Lipinski definition) is 0. The van der Waals surface area contributed by atoms with Crippen molar-refractivity contribution in [1.82, 2.24) is 29.5 Å². The fourth-order valence-corrected chi connectivity index (χ4v) is 5.59. The second kappa shape index (κ2) is 13.4. The van der Waals surface area contributed by atoms with Gasteiger partial charge in [0.25, 0.3) is 0 Å². The van der Waals surface area contributed by atoms with Crippen LogP contribution < -0.4 is 18.9 Å². The van der Waals surface area contributed by atoms with Gasteiger partial charge in [-0.05, 0) is 67.6 Å². The van der Waals surface area contributed by atoms with Crippen molar-refractivity contribution in [2.45, 2.75) is 13.1 Å². The van der Waals surface area contributed by atoms with Crippen LogP contribution in [0, 0.1) is 6.92 Å². The SMILES string of the molecule is Cc1cccc(Oc2cccc(Oc3ccc4c5ccc(Oc6cccc(Oc7cccc(C(F)(F)F)n7)c6)cc5n(-c5ncncn5)c4c3)c2)n1. The Morgan fingerprint density at radius 3 is 1.54 bits per heavy atom. The number of pyridine rings is 2. The van der Waals surface area contributed by atoms with Crippen LogP contribution in [0.1, 0.15) is 11.4 Å². The molecule has 0 atom stereocenters. The molecule has 0 unspecified atom stereocenters. The van der Waals surface area contributed by atoms with E-state index >= 15 is 0 Å². The molecule has 52 heavy (non-hydrogen) atoms. The molecule has 0 aliphatic rings. The molecule has 0 spiro atoms. The van der Waals surface area contributed by atoms with E-state index in [1.54, 1.807) is 36.4 Å². The molecular formula is C39H25F3N6O4. The van der Waals surface area contributed by atoms with Gasteiger partial charge in [-0.2, -0.15) is 13.2 Å². The highest BCUT2D eigenvalue weighted by atomic mass is 19.4. The summed E-state index contributed by atoms with van der Waals surface area (Å²) < 4.78 is 65.4. The lowest BCUT2D eigenvalue weighted by Crippen LogP contribution is -2.07. The van der Waals surface area contributed by atoms with Crippen molar-refractivity contribution in [3.05, 3.63) is 145 Å². The normalized spacial score (nSPS) is 11.5. The molecule has 13 heteroatoms. The van der Waals surface area contributed by atoms with E-state index in [0.29, 0.717) is 40.6 Å². The van der Waals surface area contributed by atoms with E-state index < -0.39 is 11.9 Å². The van der Waals surface area contributed by atoms with Gasteiger partial charge in [-0.3, -0.25) is 4.57 Å². The van der Waals surface area contributed by atoms with Crippen LogP contribution in [0.5, 0.6) is 46.3 Å². The van der Waals surface area contributed by atoms with E-state index in [0.717, 1.165) is 33.6 Å². The fraction of sp³-hybridized carbons (Fsp3) is 0.0513. The van der Waals surface area contributed by atoms with Crippen LogP contribution in [-0.4, -0.2) is 29.5 Å². The summed E-state index contributed by atoms with van der Waals surface area (Å²) in [6.45, 7) is 1.90. The highest BCUT2D eigenvalue weighted by Crippen LogP contribution is 2.38. The largest absolute Gasteiger partial charge is 0.457 e. The average molecular weight is 699 g/mol. The first-order valence-corrected chi connectivity index (χ1v) is 15.9. The van der Waals surface area contributed by atoms with Crippen molar-refractivity contribution in [2.24, 2.45) is 0 Å². The molecule has 10 nitrogen and oxygen atoms in total. The molecule has 256 valence electrons. The molecular weight excluding hydrogens is 673 g/mol. The van der Waals surface area contributed by atoms with Crippen molar-refractivity contribution in [2.75, 3.05) is 0 Å². The van der Waals surface area contributed by atoms with E-state index in [4.69, 9.17) is 18.9 Å². The molecule has 0 N–H and O–H groups in total. The van der Waals surface area contributed by atoms with Gasteiger partial charge in [0.05, 0.1) is 11.0 Å². The first-order valence-electron chi connectivity index (χ1n) is 15.9. The van der Waals surface area contributed by atoms with Crippen LogP contribution in [-0.2, 0) is 6.18 Å². The first kappa shape index (κ1) is 32.2. The maximum Gasteiger partial charge on any atom is 0.433 e. The number of ether oxygens (including phenoxy) is 4. The minimum absolute atomic E-state index is 0.195. The van der Waals surface area contributed by atoms with Crippen molar-refractivity contribution >= 4 is 21.8 Å². The Hall–Kier alpha value is -7.02. The summed E-state index contributed by atoms with van der Waals surface area (Å²) in [6.07, 6.45) is -1.76. The Kier molecular flexibility index (Phi) is 8.27. The molecule has 0 aliphatic carbocycles. The van der Waals surface area contributed by atoms with Gasteiger partial charge < -0.3 is 18.9 Å². The minimum atomic E-state index is -4.59. The lowest BCUT2D eigenvalue weighted by molar-refractivity contribution is -0.141. The number of rotatable bonds is 9. The molecule has 0 saturated carbocycles. The van der Waals surface area contributed by atoms with Gasteiger partial charge in [0.2, 0.25) is 17.7 Å². The molecule has 4 aromatic heterocycles. The van der Waals surface area contributed by atoms with Gasteiger partial charge in [0.1, 0.15) is 52.8 Å². The van der Waals surface area contributed by atoms with Crippen LogP contribution in [0.4, 0.5) is 13.2 Å². The second-order valence-corrected chi connectivity index (χ2v) is 11.5. The number of fused-ring (bicyclic) bond motifs is 3. The zero-order valence-electron chi connectivity index (χ0n) is 27.2. The molecule has 0 saturated heterocycles. The average Bonchev–Trinajstić information content (AvgIpc) is 3.45. The molecule has 8 aromatic rings. The third kappa shape index (κ3) is 6.87. The van der Waals surface area contributed by atoms with Gasteiger partial charge in [0.15, 0.2) is 0 Å². The molecule has 8 rings (SSSR count). The Labute approximate surface area is 293 Å². The van der Waals surface area contributed by atoms with Gasteiger partial charge in [-0.25, -0.2) is 24.9 Å². The van der Waals surface area contributed by atoms with Gasteiger partial charge in [-0.1, -0.05) is 24.3 Å². The summed E-state index contributed by atoms with van der Waals surface area (Å²) in [5.74, 6) is 3.51. The topological polar surface area (TPSA) is 106 Å². The summed E-state index contributed by atoms with van der Waals surface area (Å²) in [5.41, 5.74) is 1.32. The molecule has 0 aliphatic heterocycles. The smallest absolute Gasteiger partial charge is 0.433 e. The Morgan fingerprint density at radius 1 is 0.519 bits per heavy atom. The number of halogens is 3. The quantitative estimate of drug-likeness (QED) is 0.146. The fourth-order valence-electron chi connectivity index (χ4n) is 5.59. The molecule has 0 bridgehead atoms. The van der Waals surface area contributed by atoms with Crippen molar-refractivity contribution in [1.29, 1.82) is 0 Å². The van der Waals surface area contributed by atoms with Crippen molar-refractivity contribution in [3.8, 4) is 52.2 Å². The van der Waals surface area contributed by atoms with Crippen LogP contribution in [0.25, 0.3) is 27.8 Å². The van der Waals surface area contributed by atoms with Crippen LogP contribution in [0.2, 0.25) is 0 Å². The Morgan fingerprint density at radius 2 is 1.00 bits per heavy atom. The van der Waals surface area contributed by atoms with Crippen molar-refractivity contribution < 1.29 is 32.1 Å². The molecule has 4 aromatic carbocycles. The Balaban J connectivity index is 1.10.